The van der Waals surface area contributed by atoms with Crippen LogP contribution in [0, 0.1) is 0 Å². The van der Waals surface area contributed by atoms with Crippen molar-refractivity contribution < 1.29 is 54.3 Å². The van der Waals surface area contributed by atoms with Gasteiger partial charge in [-0.1, -0.05) is 0 Å². The zero-order valence-electron chi connectivity index (χ0n) is 7.79. The topological polar surface area (TPSA) is 158 Å². The van der Waals surface area contributed by atoms with Gasteiger partial charge in [-0.2, -0.15) is 0 Å². The van der Waals surface area contributed by atoms with Gasteiger partial charge in [0, 0.05) is 0 Å². The van der Waals surface area contributed by atoms with Crippen molar-refractivity contribution in [3.8, 4) is 0 Å². The Hall–Kier alpha value is -1.05. The average Bonchev–Trinajstić information content (AvgIpc) is 2.04. The maximum atomic E-state index is 9.72. The molecule has 0 amide bonds. The molecule has 0 aliphatic rings. The van der Waals surface area contributed by atoms with Crippen LogP contribution in [0.3, 0.4) is 0 Å². The smallest absolute Gasteiger partial charge is 0.481 e. The Morgan fingerprint density at radius 2 is 1.40 bits per heavy atom. The van der Waals surface area contributed by atoms with Crippen LogP contribution in [0.1, 0.15) is 6.42 Å². The first-order valence-electron chi connectivity index (χ1n) is 3.35. The van der Waals surface area contributed by atoms with E-state index in [4.69, 9.17) is 20.4 Å². The fraction of sp³-hybridized carbons (Fsp3) is 0.500. The number of carbonyl (C=O) groups is 3. The first-order valence-corrected chi connectivity index (χ1v) is 3.35. The third-order valence-electron chi connectivity index (χ3n) is 0.828. The molecule has 0 saturated carbocycles. The van der Waals surface area contributed by atoms with E-state index in [1.54, 1.807) is 0 Å². The van der Waals surface area contributed by atoms with Crippen molar-refractivity contribution in [3.05, 3.63) is 0 Å². The Morgan fingerprint density at radius 1 is 1.07 bits per heavy atom. The van der Waals surface area contributed by atoms with Crippen molar-refractivity contribution in [1.29, 1.82) is 0 Å². The van der Waals surface area contributed by atoms with Crippen LogP contribution in [0.5, 0.6) is 0 Å². The summed E-state index contributed by atoms with van der Waals surface area (Å²) in [5, 5.41) is 31.7. The van der Waals surface area contributed by atoms with Crippen molar-refractivity contribution in [2.45, 2.75) is 12.5 Å². The number of carboxylic acids is 3. The maximum Gasteiger partial charge on any atom is 2.00 e. The van der Waals surface area contributed by atoms with Gasteiger partial charge in [0.05, 0.1) is 13.0 Å². The van der Waals surface area contributed by atoms with E-state index < -0.39 is 30.4 Å². The summed E-state index contributed by atoms with van der Waals surface area (Å²) in [6, 6.07) is 0. The van der Waals surface area contributed by atoms with Crippen LogP contribution in [-0.2, 0) is 33.9 Å². The summed E-state index contributed by atoms with van der Waals surface area (Å²) >= 11 is 0. The molecule has 0 aromatic heterocycles. The number of nitrogens with two attached hydrogens (primary N) is 1. The van der Waals surface area contributed by atoms with Crippen molar-refractivity contribution in [2.75, 3.05) is 6.54 Å². The summed E-state index contributed by atoms with van der Waals surface area (Å²) in [5.74, 6) is -3.81. The molecule has 0 radical (unpaired) electrons. The summed E-state index contributed by atoms with van der Waals surface area (Å²) in [6.07, 6.45) is -2.54. The number of aliphatic hydroxyl groups is 1. The van der Waals surface area contributed by atoms with E-state index in [-0.39, 0.29) is 26.0 Å². The van der Waals surface area contributed by atoms with E-state index in [0.29, 0.717) is 0 Å². The van der Waals surface area contributed by atoms with Crippen LogP contribution in [-0.4, -0.2) is 51.0 Å². The van der Waals surface area contributed by atoms with Gasteiger partial charge in [-0.05, 0) is 0 Å². The van der Waals surface area contributed by atoms with E-state index in [2.05, 4.69) is 5.73 Å². The minimum absolute atomic E-state index is 0. The van der Waals surface area contributed by atoms with Gasteiger partial charge in [-0.15, -0.1) is 0 Å². The zero-order valence-corrected chi connectivity index (χ0v) is 10.8. The van der Waals surface area contributed by atoms with Crippen LogP contribution in [0.4, 0.5) is 0 Å². The predicted octanol–water partition coefficient (Wildman–Crippen LogP) is -2.07. The first-order chi connectivity index (χ1) is 6.31. The summed E-state index contributed by atoms with van der Waals surface area (Å²) in [7, 11) is 0. The van der Waals surface area contributed by atoms with Gasteiger partial charge >= 0.3 is 37.4 Å². The second kappa shape index (κ2) is 11.0. The second-order valence-corrected chi connectivity index (χ2v) is 2.05. The molecule has 0 heterocycles. The molecule has 8 nitrogen and oxygen atoms in total. The number of hydrogen-bond acceptors (Lipinski definition) is 5. The molecular formula is C6H11NO7Zn+2. The number of hydrogen-bond donors (Lipinski definition) is 5. The summed E-state index contributed by atoms with van der Waals surface area (Å²) in [5.41, 5.74) is 4.57. The van der Waals surface area contributed by atoms with Crippen LogP contribution in [0.2, 0.25) is 0 Å². The molecule has 0 saturated heterocycles. The summed E-state index contributed by atoms with van der Waals surface area (Å²) < 4.78 is 0. The minimum atomic E-state index is -1.79. The fourth-order valence-electron chi connectivity index (χ4n) is 0.253. The van der Waals surface area contributed by atoms with E-state index in [1.165, 1.54) is 0 Å². The predicted molar refractivity (Wildman–Crippen MR) is 42.6 cm³/mol. The third kappa shape index (κ3) is 19.4. The Morgan fingerprint density at radius 3 is 1.47 bits per heavy atom. The molecule has 9 heteroatoms. The van der Waals surface area contributed by atoms with E-state index in [1.807, 2.05) is 0 Å². The molecule has 0 aromatic carbocycles. The van der Waals surface area contributed by atoms with E-state index in [9.17, 15) is 14.4 Å². The van der Waals surface area contributed by atoms with Crippen LogP contribution < -0.4 is 5.73 Å². The largest absolute Gasteiger partial charge is 2.00 e. The monoisotopic (exact) mass is 273 g/mol. The van der Waals surface area contributed by atoms with Crippen LogP contribution >= 0.6 is 0 Å². The molecule has 0 aliphatic heterocycles. The summed E-state index contributed by atoms with van der Waals surface area (Å²) in [4.78, 5) is 28.7. The SMILES string of the molecule is NCC(=O)O.O=C(O)CC(O)C(=O)O.[Zn+2]. The summed E-state index contributed by atoms with van der Waals surface area (Å²) in [6.45, 7) is -0.278. The second-order valence-electron chi connectivity index (χ2n) is 2.05. The van der Waals surface area contributed by atoms with Crippen LogP contribution in [0.25, 0.3) is 0 Å². The van der Waals surface area contributed by atoms with Gasteiger partial charge in [0.15, 0.2) is 6.10 Å². The van der Waals surface area contributed by atoms with Crippen molar-refractivity contribution in [1.82, 2.24) is 0 Å². The van der Waals surface area contributed by atoms with Crippen molar-refractivity contribution in [3.63, 3.8) is 0 Å². The molecule has 0 spiro atoms. The molecule has 15 heavy (non-hydrogen) atoms. The number of aliphatic carboxylic acids is 3. The molecular weight excluding hydrogens is 263 g/mol. The Labute approximate surface area is 97.5 Å². The Balaban J connectivity index is -0.000000208. The average molecular weight is 275 g/mol. The number of carboxylic acid groups (broad SMARTS) is 3. The molecule has 0 rings (SSSR count). The number of aliphatic hydroxyl groups excluding tert-OH is 1. The minimum Gasteiger partial charge on any atom is -0.481 e. The molecule has 1 unspecified atom stereocenters. The zero-order chi connectivity index (χ0) is 11.7. The van der Waals surface area contributed by atoms with Crippen molar-refractivity contribution in [2.24, 2.45) is 5.73 Å². The standard InChI is InChI=1S/C4H6O5.C2H5NO2.Zn/c5-2(4(8)9)1-3(6)7;3-1-2(4)5;/h2,5H,1H2,(H,6,7)(H,8,9);1,3H2,(H,4,5);/q;;+2. The number of rotatable bonds is 4. The molecule has 1 atom stereocenters. The fourth-order valence-corrected chi connectivity index (χ4v) is 0.253. The van der Waals surface area contributed by atoms with Gasteiger partial charge in [0.2, 0.25) is 0 Å². The van der Waals surface area contributed by atoms with Gasteiger partial charge < -0.3 is 26.2 Å². The quantitative estimate of drug-likeness (QED) is 0.366. The molecule has 82 valence electrons. The molecule has 0 aliphatic carbocycles. The van der Waals surface area contributed by atoms with Crippen LogP contribution in [0.15, 0.2) is 0 Å². The maximum absolute atomic E-state index is 9.72. The van der Waals surface area contributed by atoms with Crippen molar-refractivity contribution >= 4 is 17.9 Å². The molecule has 0 aromatic rings. The first kappa shape index (κ1) is 19.5. The van der Waals surface area contributed by atoms with Gasteiger partial charge in [-0.25, -0.2) is 4.79 Å². The van der Waals surface area contributed by atoms with Gasteiger partial charge in [-0.3, -0.25) is 9.59 Å². The van der Waals surface area contributed by atoms with Gasteiger partial charge in [0.1, 0.15) is 0 Å². The molecule has 0 fully saturated rings. The molecule has 6 N–H and O–H groups in total. The van der Waals surface area contributed by atoms with Gasteiger partial charge in [0.25, 0.3) is 0 Å². The Kier molecular flexibility index (Phi) is 14.4. The normalized spacial score (nSPS) is 10.0. The third-order valence-corrected chi connectivity index (χ3v) is 0.828. The van der Waals surface area contributed by atoms with E-state index in [0.717, 1.165) is 0 Å². The molecule has 0 bridgehead atoms. The van der Waals surface area contributed by atoms with E-state index >= 15 is 0 Å². The Bertz CT molecular complexity index is 220.